The van der Waals surface area contributed by atoms with Crippen molar-refractivity contribution in [1.82, 2.24) is 0 Å². The summed E-state index contributed by atoms with van der Waals surface area (Å²) < 4.78 is 0. The van der Waals surface area contributed by atoms with Crippen LogP contribution in [0.4, 0.5) is 5.69 Å². The lowest BCUT2D eigenvalue weighted by molar-refractivity contribution is 0.0988. The molecule has 0 heterocycles. The first-order valence-corrected chi connectivity index (χ1v) is 4.10. The van der Waals surface area contributed by atoms with Gasteiger partial charge in [-0.05, 0) is 18.2 Å². The van der Waals surface area contributed by atoms with E-state index >= 15 is 0 Å². The third kappa shape index (κ3) is 1.98. The molecule has 0 aliphatic rings. The molecule has 0 atom stereocenters. The van der Waals surface area contributed by atoms with Gasteiger partial charge in [-0.1, -0.05) is 18.5 Å². The first-order valence-electron chi connectivity index (χ1n) is 3.72. The predicted molar refractivity (Wildman–Crippen MR) is 50.5 cm³/mol. The number of halogens is 1. The maximum absolute atomic E-state index is 11.2. The van der Waals surface area contributed by atoms with Crippen molar-refractivity contribution in [1.29, 1.82) is 0 Å². The van der Waals surface area contributed by atoms with E-state index in [1.54, 1.807) is 25.1 Å². The maximum atomic E-state index is 11.2. The van der Waals surface area contributed by atoms with Gasteiger partial charge in [0.15, 0.2) is 5.78 Å². The number of rotatable bonds is 2. The van der Waals surface area contributed by atoms with Crippen LogP contribution >= 0.6 is 11.6 Å². The van der Waals surface area contributed by atoms with Crippen molar-refractivity contribution in [3.63, 3.8) is 0 Å². The fourth-order valence-electron chi connectivity index (χ4n) is 0.977. The Bertz CT molecular complexity index is 289. The van der Waals surface area contributed by atoms with Gasteiger partial charge in [0.25, 0.3) is 0 Å². The van der Waals surface area contributed by atoms with E-state index in [0.717, 1.165) is 0 Å². The zero-order valence-corrected chi connectivity index (χ0v) is 7.56. The van der Waals surface area contributed by atoms with Gasteiger partial charge in [0.05, 0.1) is 0 Å². The lowest BCUT2D eigenvalue weighted by Gasteiger charge is -2.00. The third-order valence-electron chi connectivity index (χ3n) is 1.56. The highest BCUT2D eigenvalue weighted by molar-refractivity contribution is 6.31. The van der Waals surface area contributed by atoms with Crippen molar-refractivity contribution >= 4 is 23.1 Å². The summed E-state index contributed by atoms with van der Waals surface area (Å²) in [6.07, 6.45) is 0.472. The van der Waals surface area contributed by atoms with Gasteiger partial charge < -0.3 is 5.73 Å². The molecule has 0 aromatic heterocycles. The molecule has 12 heavy (non-hydrogen) atoms. The number of benzene rings is 1. The minimum atomic E-state index is 0.0594. The second-order valence-electron chi connectivity index (χ2n) is 2.55. The van der Waals surface area contributed by atoms with Crippen LogP contribution in [0.5, 0.6) is 0 Å². The molecule has 0 aliphatic carbocycles. The molecule has 1 aromatic carbocycles. The first-order chi connectivity index (χ1) is 5.63. The average molecular weight is 184 g/mol. The van der Waals surface area contributed by atoms with Crippen molar-refractivity contribution in [2.75, 3.05) is 5.73 Å². The normalized spacial score (nSPS) is 9.83. The Morgan fingerprint density at radius 1 is 1.50 bits per heavy atom. The molecule has 0 radical (unpaired) electrons. The Balaban J connectivity index is 3.08. The van der Waals surface area contributed by atoms with Crippen molar-refractivity contribution in [2.24, 2.45) is 0 Å². The number of nitrogen functional groups attached to an aromatic ring is 1. The molecule has 0 unspecified atom stereocenters. The molecule has 0 saturated carbocycles. The quantitative estimate of drug-likeness (QED) is 0.566. The second kappa shape index (κ2) is 3.59. The summed E-state index contributed by atoms with van der Waals surface area (Å²) in [7, 11) is 0. The van der Waals surface area contributed by atoms with E-state index in [1.807, 2.05) is 0 Å². The lowest BCUT2D eigenvalue weighted by Crippen LogP contribution is -1.97. The van der Waals surface area contributed by atoms with Crippen molar-refractivity contribution < 1.29 is 4.79 Å². The molecule has 3 heteroatoms. The Labute approximate surface area is 76.3 Å². The SMILES string of the molecule is CCC(=O)c1cc(N)cc(Cl)c1. The molecule has 1 rings (SSSR count). The number of ketones is 1. The van der Waals surface area contributed by atoms with Gasteiger partial charge in [-0.3, -0.25) is 4.79 Å². The summed E-state index contributed by atoms with van der Waals surface area (Å²) >= 11 is 5.72. The van der Waals surface area contributed by atoms with Crippen LogP contribution in [0.2, 0.25) is 5.02 Å². The van der Waals surface area contributed by atoms with Crippen molar-refractivity contribution in [3.8, 4) is 0 Å². The molecular formula is C9H10ClNO. The van der Waals surface area contributed by atoms with E-state index in [1.165, 1.54) is 0 Å². The summed E-state index contributed by atoms with van der Waals surface area (Å²) in [5.74, 6) is 0.0594. The number of carbonyl (C=O) groups is 1. The fourth-order valence-corrected chi connectivity index (χ4v) is 1.22. The number of carbonyl (C=O) groups excluding carboxylic acids is 1. The van der Waals surface area contributed by atoms with Gasteiger partial charge in [0.1, 0.15) is 0 Å². The number of anilines is 1. The molecule has 1 aromatic rings. The maximum Gasteiger partial charge on any atom is 0.162 e. The minimum absolute atomic E-state index is 0.0594. The summed E-state index contributed by atoms with van der Waals surface area (Å²) in [5, 5.41) is 0.506. The van der Waals surface area contributed by atoms with Crippen molar-refractivity contribution in [3.05, 3.63) is 28.8 Å². The Morgan fingerprint density at radius 3 is 2.67 bits per heavy atom. The van der Waals surface area contributed by atoms with E-state index in [4.69, 9.17) is 17.3 Å². The van der Waals surface area contributed by atoms with Gasteiger partial charge in [0.2, 0.25) is 0 Å². The highest BCUT2D eigenvalue weighted by Crippen LogP contribution is 2.17. The van der Waals surface area contributed by atoms with E-state index in [-0.39, 0.29) is 5.78 Å². The summed E-state index contributed by atoms with van der Waals surface area (Å²) in [6.45, 7) is 1.80. The Morgan fingerprint density at radius 2 is 2.17 bits per heavy atom. The standard InChI is InChI=1S/C9H10ClNO/c1-2-9(12)6-3-7(10)5-8(11)4-6/h3-5H,2,11H2,1H3. The largest absolute Gasteiger partial charge is 0.399 e. The van der Waals surface area contributed by atoms with Crippen LogP contribution in [0.1, 0.15) is 23.7 Å². The first kappa shape index (κ1) is 9.07. The van der Waals surface area contributed by atoms with E-state index < -0.39 is 0 Å². The van der Waals surface area contributed by atoms with E-state index in [9.17, 15) is 4.79 Å². The molecule has 0 bridgehead atoms. The highest BCUT2D eigenvalue weighted by atomic mass is 35.5. The Hall–Kier alpha value is -1.02. The van der Waals surface area contributed by atoms with Crippen LogP contribution in [0.15, 0.2) is 18.2 Å². The van der Waals surface area contributed by atoms with Crippen LogP contribution in [-0.2, 0) is 0 Å². The van der Waals surface area contributed by atoms with Crippen LogP contribution in [0.3, 0.4) is 0 Å². The fraction of sp³-hybridized carbons (Fsp3) is 0.222. The number of hydrogen-bond donors (Lipinski definition) is 1. The van der Waals surface area contributed by atoms with Crippen LogP contribution < -0.4 is 5.73 Å². The van der Waals surface area contributed by atoms with Gasteiger partial charge in [0, 0.05) is 22.7 Å². The monoisotopic (exact) mass is 183 g/mol. The highest BCUT2D eigenvalue weighted by Gasteiger charge is 2.04. The van der Waals surface area contributed by atoms with Crippen LogP contribution in [0.25, 0.3) is 0 Å². The number of nitrogens with two attached hydrogens (primary N) is 1. The van der Waals surface area contributed by atoms with Gasteiger partial charge >= 0.3 is 0 Å². The molecule has 0 fully saturated rings. The molecule has 2 nitrogen and oxygen atoms in total. The summed E-state index contributed by atoms with van der Waals surface area (Å²) in [6, 6.07) is 4.88. The topological polar surface area (TPSA) is 43.1 Å². The van der Waals surface area contributed by atoms with E-state index in [0.29, 0.717) is 22.7 Å². The number of Topliss-reactive ketones (excluding diaryl/α,β-unsaturated/α-hetero) is 1. The van der Waals surface area contributed by atoms with Crippen molar-refractivity contribution in [2.45, 2.75) is 13.3 Å². The molecule has 2 N–H and O–H groups in total. The second-order valence-corrected chi connectivity index (χ2v) is 2.99. The number of hydrogen-bond acceptors (Lipinski definition) is 2. The predicted octanol–water partition coefficient (Wildman–Crippen LogP) is 2.51. The molecule has 64 valence electrons. The molecule has 0 amide bonds. The van der Waals surface area contributed by atoms with Crippen LogP contribution in [-0.4, -0.2) is 5.78 Å². The third-order valence-corrected chi connectivity index (χ3v) is 1.78. The van der Waals surface area contributed by atoms with Crippen LogP contribution in [0, 0.1) is 0 Å². The molecular weight excluding hydrogens is 174 g/mol. The molecule has 0 saturated heterocycles. The zero-order chi connectivity index (χ0) is 9.14. The molecule has 0 aliphatic heterocycles. The molecule has 0 spiro atoms. The summed E-state index contributed by atoms with van der Waals surface area (Å²) in [4.78, 5) is 11.2. The lowest BCUT2D eigenvalue weighted by atomic mass is 10.1. The van der Waals surface area contributed by atoms with Gasteiger partial charge in [-0.15, -0.1) is 0 Å². The average Bonchev–Trinajstić information content (AvgIpc) is 2.01. The zero-order valence-electron chi connectivity index (χ0n) is 6.80. The minimum Gasteiger partial charge on any atom is -0.399 e. The Kier molecular flexibility index (Phi) is 2.71. The summed E-state index contributed by atoms with van der Waals surface area (Å²) in [5.41, 5.74) is 6.63. The van der Waals surface area contributed by atoms with E-state index in [2.05, 4.69) is 0 Å². The smallest absolute Gasteiger partial charge is 0.162 e. The van der Waals surface area contributed by atoms with Gasteiger partial charge in [-0.2, -0.15) is 0 Å². The van der Waals surface area contributed by atoms with Gasteiger partial charge in [-0.25, -0.2) is 0 Å².